The van der Waals surface area contributed by atoms with Crippen LogP contribution in [-0.2, 0) is 122 Å². The lowest BCUT2D eigenvalue weighted by Crippen LogP contribution is -2.56. The number of aryl methyl sites for hydroxylation is 1. The third-order valence-corrected chi connectivity index (χ3v) is 23.1. The molecule has 2 aromatic carbocycles. The van der Waals surface area contributed by atoms with E-state index < -0.39 is 164 Å². The molecule has 47 nitrogen and oxygen atoms in total. The first-order chi connectivity index (χ1) is 66.8. The number of aliphatic hydroxyl groups is 11. The SMILES string of the molecule is CC[C@@]1(O)C(=O)OCc2c1cc1n(c2=O)Cc2c-1nc1cc(F)c(C)c3c1c2[C@@H](NC(=O)OCc1ccc(NC(=O)[C@H](CCCNC(N)=O)NC(=O)[C@@H](NC(=O)[C@@H](N)CCCCNC(=O)CCOCCOCCOCCOCCOCCOCCOCCOCCOCCOCCOCCOCCNC(=O)NCCN(C[C@H](O)[C@@H](O)[C@H](O)[C@H](O)CO)C[C@H](O)[C@@H](O)[C@H](O)[C@H](O)CO)C(C)C)cc1)CC3. The van der Waals surface area contributed by atoms with E-state index in [4.69, 9.17) is 93.0 Å². The molecule has 0 spiro atoms. The fraction of sp³-hybridized carbons (Fsp3) is 0.692. The van der Waals surface area contributed by atoms with Crippen molar-refractivity contribution in [3.05, 3.63) is 91.5 Å². The van der Waals surface area contributed by atoms with Crippen LogP contribution in [0.1, 0.15) is 117 Å². The summed E-state index contributed by atoms with van der Waals surface area (Å²) >= 11 is 0. The van der Waals surface area contributed by atoms with Gasteiger partial charge < -0.3 is 181 Å². The Labute approximate surface area is 805 Å². The largest absolute Gasteiger partial charge is 0.458 e. The van der Waals surface area contributed by atoms with Gasteiger partial charge in [-0.2, -0.15) is 0 Å². The fourth-order valence-electron chi connectivity index (χ4n) is 15.2. The summed E-state index contributed by atoms with van der Waals surface area (Å²) in [7, 11) is 0. The van der Waals surface area contributed by atoms with E-state index in [1.807, 2.05) is 0 Å². The number of fused-ring (bicyclic) bond motifs is 5. The summed E-state index contributed by atoms with van der Waals surface area (Å²) in [5.41, 5.74) is 13.6. The number of nitrogens with two attached hydrogens (primary N) is 2. The van der Waals surface area contributed by atoms with Crippen molar-refractivity contribution in [2.24, 2.45) is 17.4 Å². The van der Waals surface area contributed by atoms with Crippen molar-refractivity contribution in [1.82, 2.24) is 51.7 Å². The highest BCUT2D eigenvalue weighted by atomic mass is 19.1. The normalized spacial score (nSPS) is 16.7. The number of amides is 9. The van der Waals surface area contributed by atoms with E-state index in [1.165, 1.54) is 15.5 Å². The smallest absolute Gasteiger partial charge is 0.407 e. The van der Waals surface area contributed by atoms with Gasteiger partial charge in [0.15, 0.2) is 5.60 Å². The summed E-state index contributed by atoms with van der Waals surface area (Å²) in [5, 5.41) is 133. The number of hydrogen-bond acceptors (Lipinski definition) is 37. The predicted molar refractivity (Wildman–Crippen MR) is 494 cm³/mol. The van der Waals surface area contributed by atoms with E-state index in [0.29, 0.717) is 208 Å². The third-order valence-electron chi connectivity index (χ3n) is 23.1. The van der Waals surface area contributed by atoms with E-state index in [1.54, 1.807) is 58.0 Å². The predicted octanol–water partition coefficient (Wildman–Crippen LogP) is -3.87. The second-order valence-corrected chi connectivity index (χ2v) is 33.6. The molecule has 9 amide bonds. The Hall–Kier alpha value is -9.11. The van der Waals surface area contributed by atoms with Crippen molar-refractivity contribution >= 4 is 64.3 Å². The number of carbonyl (C=O) groups is 8. The van der Waals surface area contributed by atoms with Crippen molar-refractivity contribution in [1.29, 1.82) is 0 Å². The number of primary amides is 1. The molecule has 4 aromatic rings. The molecule has 0 fully saturated rings. The molecule has 139 heavy (non-hydrogen) atoms. The Morgan fingerprint density at radius 2 is 1.09 bits per heavy atom. The number of aromatic nitrogens is 2. The number of hydrogen-bond donors (Lipinski definition) is 21. The molecule has 2 aromatic heterocycles. The highest BCUT2D eigenvalue weighted by Gasteiger charge is 2.47. The van der Waals surface area contributed by atoms with E-state index in [0.717, 1.165) is 5.56 Å². The topological polar surface area (TPSA) is 675 Å². The first kappa shape index (κ1) is 117. The summed E-state index contributed by atoms with van der Waals surface area (Å²) < 4.78 is 94.2. The number of carbonyl (C=O) groups excluding carboxylic acids is 8. The number of urea groups is 2. The van der Waals surface area contributed by atoms with E-state index in [9.17, 15) is 89.1 Å². The maximum absolute atomic E-state index is 15.5. The number of ether oxygens (including phenoxy) is 14. The van der Waals surface area contributed by atoms with Gasteiger partial charge >= 0.3 is 24.1 Å². The molecule has 3 aliphatic rings. The zero-order valence-electron chi connectivity index (χ0n) is 79.5. The van der Waals surface area contributed by atoms with Crippen molar-refractivity contribution in [2.75, 3.05) is 223 Å². The number of cyclic esters (lactones) is 1. The molecule has 0 saturated heterocycles. The Morgan fingerprint density at radius 3 is 1.59 bits per heavy atom. The number of anilines is 1. The zero-order chi connectivity index (χ0) is 101. The number of pyridine rings is 2. The Bertz CT molecular complexity index is 4430. The van der Waals surface area contributed by atoms with Gasteiger partial charge in [-0.1, -0.05) is 32.9 Å². The van der Waals surface area contributed by atoms with Crippen molar-refractivity contribution in [3.8, 4) is 11.4 Å². The van der Waals surface area contributed by atoms with Crippen LogP contribution in [0.4, 0.5) is 24.5 Å². The molecule has 0 saturated carbocycles. The third kappa shape index (κ3) is 39.3. The lowest BCUT2D eigenvalue weighted by molar-refractivity contribution is -0.172. The molecule has 0 unspecified atom stereocenters. The number of aliphatic hydroxyl groups excluding tert-OH is 10. The Balaban J connectivity index is 0.620. The molecular formula is C91H144FN13O34. The lowest BCUT2D eigenvalue weighted by atomic mass is 9.81. The van der Waals surface area contributed by atoms with Crippen LogP contribution in [0.2, 0.25) is 0 Å². The van der Waals surface area contributed by atoms with Crippen LogP contribution in [0.3, 0.4) is 0 Å². The highest BCUT2D eigenvalue weighted by Crippen LogP contribution is 2.46. The number of rotatable bonds is 74. The van der Waals surface area contributed by atoms with Gasteiger partial charge in [0.25, 0.3) is 5.56 Å². The maximum atomic E-state index is 15.5. The van der Waals surface area contributed by atoms with E-state index in [-0.39, 0.29) is 128 Å². The quantitative estimate of drug-likeness (QED) is 0.0131. The molecule has 0 bridgehead atoms. The van der Waals surface area contributed by atoms with Gasteiger partial charge in [-0.15, -0.1) is 0 Å². The van der Waals surface area contributed by atoms with Crippen LogP contribution in [0.15, 0.2) is 41.2 Å². The molecular weight excluding hydrogens is 1840 g/mol. The minimum absolute atomic E-state index is 0.0433. The number of nitrogens with one attached hydrogen (secondary N) is 8. The van der Waals surface area contributed by atoms with Gasteiger partial charge in [-0.25, -0.2) is 28.6 Å². The summed E-state index contributed by atoms with van der Waals surface area (Å²) in [6, 6.07) is 4.00. The average Bonchev–Trinajstić information content (AvgIpc) is 1.57. The number of alkyl carbamates (subject to hydrolysis) is 1. The second kappa shape index (κ2) is 63.7. The maximum Gasteiger partial charge on any atom is 0.407 e. The molecule has 784 valence electrons. The van der Waals surface area contributed by atoms with Crippen molar-refractivity contribution in [2.45, 2.75) is 184 Å². The van der Waals surface area contributed by atoms with Crippen LogP contribution in [-0.4, -0.2) is 403 Å². The van der Waals surface area contributed by atoms with E-state index in [2.05, 4.69) is 42.5 Å². The highest BCUT2D eigenvalue weighted by molar-refractivity contribution is 5.99. The first-order valence-electron chi connectivity index (χ1n) is 47.0. The minimum Gasteiger partial charge on any atom is -0.458 e. The monoisotopic (exact) mass is 1980 g/mol. The van der Waals surface area contributed by atoms with Crippen molar-refractivity contribution in [3.63, 3.8) is 0 Å². The van der Waals surface area contributed by atoms with Crippen LogP contribution >= 0.6 is 0 Å². The Kier molecular flexibility index (Phi) is 53.6. The Morgan fingerprint density at radius 1 is 0.590 bits per heavy atom. The summed E-state index contributed by atoms with van der Waals surface area (Å²) in [4.78, 5) is 124. The lowest BCUT2D eigenvalue weighted by Gasteiger charge is -2.33. The average molecular weight is 1980 g/mol. The molecule has 13 atom stereocenters. The molecule has 2 aliphatic heterocycles. The van der Waals surface area contributed by atoms with Crippen LogP contribution < -0.4 is 59.6 Å². The molecule has 23 N–H and O–H groups in total. The zero-order valence-corrected chi connectivity index (χ0v) is 79.5. The molecule has 4 heterocycles. The van der Waals surface area contributed by atoms with Gasteiger partial charge in [-0.05, 0) is 105 Å². The van der Waals surface area contributed by atoms with Gasteiger partial charge in [0, 0.05) is 80.5 Å². The van der Waals surface area contributed by atoms with Gasteiger partial charge in [0.1, 0.15) is 67.7 Å². The minimum atomic E-state index is -2.07. The number of nitrogens with zero attached hydrogens (tertiary/aromatic N) is 3. The second-order valence-electron chi connectivity index (χ2n) is 33.6. The van der Waals surface area contributed by atoms with E-state index >= 15 is 4.39 Å². The van der Waals surface area contributed by atoms with Gasteiger partial charge in [-0.3, -0.25) is 28.9 Å². The first-order valence-corrected chi connectivity index (χ1v) is 47.0. The molecule has 1 aliphatic carbocycles. The molecule has 0 radical (unpaired) electrons. The summed E-state index contributed by atoms with van der Waals surface area (Å²) in [5.74, 6) is -3.87. The number of halogens is 1. The number of unbranched alkanes of at least 4 members (excludes halogenated alkanes) is 1. The van der Waals surface area contributed by atoms with Crippen LogP contribution in [0.5, 0.6) is 0 Å². The summed E-state index contributed by atoms with van der Waals surface area (Å²) in [6.45, 7) is 12.0. The summed E-state index contributed by atoms with van der Waals surface area (Å²) in [6.07, 6.45) is -13.3. The molecule has 7 rings (SSSR count). The van der Waals surface area contributed by atoms with Crippen LogP contribution in [0, 0.1) is 18.7 Å². The fourth-order valence-corrected chi connectivity index (χ4v) is 15.2. The van der Waals surface area contributed by atoms with Crippen LogP contribution in [0.25, 0.3) is 22.3 Å². The van der Waals surface area contributed by atoms with Gasteiger partial charge in [0.05, 0.1) is 225 Å². The van der Waals surface area contributed by atoms with Gasteiger partial charge in [0.2, 0.25) is 23.6 Å². The van der Waals surface area contributed by atoms with Crippen molar-refractivity contribution < 1.29 is 165 Å². The molecule has 48 heteroatoms. The standard InChI is InChI=1S/C91H144FN13O34/c1-5-91(125)63-47-69-78-61(49-105(69)86(120)62(63)55-138-87(91)121)76-66(16-15-60-57(4)64(92)48-68(100-78)75(60)76)102-90(124)139-54-58-11-13-59(14-12-58)99-84(118)67(10-8-19-96-88(94)122)101-85(119)77(56(2)3)103-83(117)65(93)9-6-7-18-95-74(112)17-23-126-25-27-128-29-31-130-33-35-132-37-39-134-41-43-136-45-46-137-44-42-135-40-38-133-36-34-131-32-30-129-28-26-127-24-21-98-89(123)97-20-22-104(50-70(108)79(113)81(115)72(110)52-106)51-71(109)80(114)82(116)73(111)53-107/h11-14,47-48,56,65-67,70-73,77,79-82,106-111,113-116,125H,5-10,15-46,49-55,93H2,1-4H3,(H,95,112)(H,99,118)(H,101,119)(H,102,124)(H,103,117)(H3,94,96,122)(H2,97,98,123)/t65-,66-,67-,70-,71-,72+,73+,77-,79+,80+,81+,82+,91-/m0/s1. The number of esters is 1. The number of benzene rings is 2.